The fraction of sp³-hybridized carbons (Fsp3) is 0.417. The van der Waals surface area contributed by atoms with E-state index in [0.717, 1.165) is 5.75 Å². The minimum absolute atomic E-state index is 0.252. The zero-order valence-electron chi connectivity index (χ0n) is 9.62. The fourth-order valence-corrected chi connectivity index (χ4v) is 1.05. The number of hydrogen-bond donors (Lipinski definition) is 0. The molecular formula is C12H15ClO3. The lowest BCUT2D eigenvalue weighted by Gasteiger charge is -2.19. The van der Waals surface area contributed by atoms with E-state index in [1.807, 2.05) is 0 Å². The smallest absolute Gasteiger partial charge is 0.230 e. The number of hydrogen-bond acceptors (Lipinski definition) is 3. The maximum absolute atomic E-state index is 11.1. The Morgan fingerprint density at radius 2 is 1.75 bits per heavy atom. The van der Waals surface area contributed by atoms with Crippen LogP contribution in [0.1, 0.15) is 13.8 Å². The van der Waals surface area contributed by atoms with Crippen LogP contribution in [0.5, 0.6) is 11.5 Å². The van der Waals surface area contributed by atoms with Crippen LogP contribution in [0.4, 0.5) is 0 Å². The van der Waals surface area contributed by atoms with Crippen molar-refractivity contribution < 1.29 is 14.3 Å². The van der Waals surface area contributed by atoms with Gasteiger partial charge in [-0.25, -0.2) is 0 Å². The maximum Gasteiger partial charge on any atom is 0.230 e. The minimum atomic E-state index is -0.679. The van der Waals surface area contributed by atoms with Gasteiger partial charge in [0.05, 0.1) is 12.5 Å². The fourth-order valence-electron chi connectivity index (χ4n) is 0.992. The van der Waals surface area contributed by atoms with Crippen LogP contribution < -0.4 is 9.47 Å². The van der Waals surface area contributed by atoms with Crippen molar-refractivity contribution in [2.24, 2.45) is 5.41 Å². The Kier molecular flexibility index (Phi) is 4.19. The zero-order chi connectivity index (χ0) is 12.2. The van der Waals surface area contributed by atoms with Crippen molar-refractivity contribution in [2.75, 3.05) is 13.7 Å². The van der Waals surface area contributed by atoms with Gasteiger partial charge in [-0.3, -0.25) is 4.79 Å². The van der Waals surface area contributed by atoms with E-state index < -0.39 is 10.7 Å². The predicted molar refractivity (Wildman–Crippen MR) is 63.1 cm³/mol. The highest BCUT2D eigenvalue weighted by molar-refractivity contribution is 6.64. The molecule has 0 aliphatic rings. The first-order valence-electron chi connectivity index (χ1n) is 4.92. The summed E-state index contributed by atoms with van der Waals surface area (Å²) in [5.74, 6) is 1.45. The molecule has 4 heteroatoms. The van der Waals surface area contributed by atoms with Crippen molar-refractivity contribution >= 4 is 16.8 Å². The van der Waals surface area contributed by atoms with E-state index >= 15 is 0 Å². The Morgan fingerprint density at radius 1 is 1.25 bits per heavy atom. The predicted octanol–water partition coefficient (Wildman–Crippen LogP) is 2.87. The molecule has 0 radical (unpaired) electrons. The van der Waals surface area contributed by atoms with E-state index in [1.165, 1.54) is 0 Å². The molecule has 0 heterocycles. The van der Waals surface area contributed by atoms with Gasteiger partial charge < -0.3 is 9.47 Å². The highest BCUT2D eigenvalue weighted by atomic mass is 35.5. The van der Waals surface area contributed by atoms with Gasteiger partial charge in [0, 0.05) is 0 Å². The van der Waals surface area contributed by atoms with Crippen LogP contribution in [-0.2, 0) is 4.79 Å². The van der Waals surface area contributed by atoms with Crippen LogP contribution in [0.3, 0.4) is 0 Å². The normalized spacial score (nSPS) is 11.0. The Labute approximate surface area is 100 Å². The number of methoxy groups -OCH3 is 1. The molecule has 88 valence electrons. The van der Waals surface area contributed by atoms with Gasteiger partial charge in [-0.05, 0) is 49.7 Å². The molecule has 0 unspecified atom stereocenters. The first-order chi connectivity index (χ1) is 7.45. The molecule has 0 aliphatic heterocycles. The molecule has 3 nitrogen and oxygen atoms in total. The Balaban J connectivity index is 2.58. The summed E-state index contributed by atoms with van der Waals surface area (Å²) in [6.45, 7) is 3.74. The van der Waals surface area contributed by atoms with Crippen LogP contribution >= 0.6 is 11.6 Å². The van der Waals surface area contributed by atoms with Crippen molar-refractivity contribution in [1.82, 2.24) is 0 Å². The van der Waals surface area contributed by atoms with Gasteiger partial charge in [-0.2, -0.15) is 0 Å². The molecule has 0 bridgehead atoms. The van der Waals surface area contributed by atoms with Crippen molar-refractivity contribution in [3.63, 3.8) is 0 Å². The zero-order valence-corrected chi connectivity index (χ0v) is 10.4. The van der Waals surface area contributed by atoms with Crippen molar-refractivity contribution in [2.45, 2.75) is 13.8 Å². The SMILES string of the molecule is COc1ccc(OCC(C)(C)C(=O)Cl)cc1. The lowest BCUT2D eigenvalue weighted by molar-refractivity contribution is -0.120. The molecular weight excluding hydrogens is 228 g/mol. The van der Waals surface area contributed by atoms with Crippen LogP contribution in [-0.4, -0.2) is 19.0 Å². The second-order valence-electron chi connectivity index (χ2n) is 4.12. The molecule has 0 saturated carbocycles. The molecule has 16 heavy (non-hydrogen) atoms. The molecule has 0 aliphatic carbocycles. The number of carbonyl (C=O) groups is 1. The van der Waals surface area contributed by atoms with E-state index in [-0.39, 0.29) is 6.61 Å². The summed E-state index contributed by atoms with van der Waals surface area (Å²) in [5, 5.41) is -0.402. The minimum Gasteiger partial charge on any atom is -0.497 e. The van der Waals surface area contributed by atoms with Gasteiger partial charge in [-0.1, -0.05) is 0 Å². The number of halogens is 1. The summed E-state index contributed by atoms with van der Waals surface area (Å²) in [6.07, 6.45) is 0. The van der Waals surface area contributed by atoms with E-state index in [2.05, 4.69) is 0 Å². The molecule has 1 aromatic rings. The maximum atomic E-state index is 11.1. The number of rotatable bonds is 5. The summed E-state index contributed by atoms with van der Waals surface area (Å²) in [4.78, 5) is 11.1. The Morgan fingerprint density at radius 3 is 2.19 bits per heavy atom. The lowest BCUT2D eigenvalue weighted by Crippen LogP contribution is -2.27. The molecule has 1 rings (SSSR count). The molecule has 0 fully saturated rings. The van der Waals surface area contributed by atoms with E-state index in [1.54, 1.807) is 45.2 Å². The third-order valence-corrected chi connectivity index (χ3v) is 2.70. The molecule has 0 saturated heterocycles. The standard InChI is InChI=1S/C12H15ClO3/c1-12(2,11(13)14)8-16-10-6-4-9(15-3)5-7-10/h4-7H,8H2,1-3H3. The molecule has 0 atom stereocenters. The topological polar surface area (TPSA) is 35.5 Å². The van der Waals surface area contributed by atoms with Crippen molar-refractivity contribution in [3.8, 4) is 11.5 Å². The van der Waals surface area contributed by atoms with Crippen LogP contribution in [0.25, 0.3) is 0 Å². The van der Waals surface area contributed by atoms with Crippen LogP contribution in [0.15, 0.2) is 24.3 Å². The number of benzene rings is 1. The summed E-state index contributed by atoms with van der Waals surface area (Å²) < 4.78 is 10.5. The van der Waals surface area contributed by atoms with Crippen molar-refractivity contribution in [3.05, 3.63) is 24.3 Å². The number of carbonyl (C=O) groups excluding carboxylic acids is 1. The van der Waals surface area contributed by atoms with Gasteiger partial charge in [-0.15, -0.1) is 0 Å². The van der Waals surface area contributed by atoms with Crippen LogP contribution in [0.2, 0.25) is 0 Å². The average Bonchev–Trinajstić information content (AvgIpc) is 2.27. The molecule has 0 N–H and O–H groups in total. The van der Waals surface area contributed by atoms with E-state index in [9.17, 15) is 4.79 Å². The van der Waals surface area contributed by atoms with Crippen LogP contribution in [0, 0.1) is 5.41 Å². The third-order valence-electron chi connectivity index (χ3n) is 2.19. The molecule has 1 aromatic carbocycles. The lowest BCUT2D eigenvalue weighted by atomic mass is 9.97. The summed E-state index contributed by atoms with van der Waals surface area (Å²) in [6, 6.07) is 7.16. The van der Waals surface area contributed by atoms with Gasteiger partial charge in [0.15, 0.2) is 0 Å². The Hall–Kier alpha value is -1.22. The molecule has 0 aromatic heterocycles. The van der Waals surface area contributed by atoms with Gasteiger partial charge in [0.2, 0.25) is 5.24 Å². The quantitative estimate of drug-likeness (QED) is 0.745. The average molecular weight is 243 g/mol. The van der Waals surface area contributed by atoms with E-state index in [4.69, 9.17) is 21.1 Å². The number of ether oxygens (including phenoxy) is 2. The second kappa shape index (κ2) is 5.21. The third kappa shape index (κ3) is 3.42. The molecule has 0 spiro atoms. The van der Waals surface area contributed by atoms with Crippen molar-refractivity contribution in [1.29, 1.82) is 0 Å². The summed E-state index contributed by atoms with van der Waals surface area (Å²) in [7, 11) is 1.60. The van der Waals surface area contributed by atoms with Gasteiger partial charge >= 0.3 is 0 Å². The van der Waals surface area contributed by atoms with Gasteiger partial charge in [0.25, 0.3) is 0 Å². The molecule has 0 amide bonds. The summed E-state index contributed by atoms with van der Waals surface area (Å²) in [5.41, 5.74) is -0.679. The Bertz CT molecular complexity index is 357. The largest absolute Gasteiger partial charge is 0.497 e. The highest BCUT2D eigenvalue weighted by Crippen LogP contribution is 2.22. The first kappa shape index (κ1) is 12.8. The monoisotopic (exact) mass is 242 g/mol. The van der Waals surface area contributed by atoms with E-state index in [0.29, 0.717) is 5.75 Å². The van der Waals surface area contributed by atoms with Gasteiger partial charge in [0.1, 0.15) is 18.1 Å². The second-order valence-corrected chi connectivity index (χ2v) is 4.47. The summed E-state index contributed by atoms with van der Waals surface area (Å²) >= 11 is 5.44. The first-order valence-corrected chi connectivity index (χ1v) is 5.30. The highest BCUT2D eigenvalue weighted by Gasteiger charge is 2.26.